The number of nitrogens with zero attached hydrogens (tertiary/aromatic N) is 3. The lowest BCUT2D eigenvalue weighted by molar-refractivity contribution is 0.444. The summed E-state index contributed by atoms with van der Waals surface area (Å²) in [7, 11) is 1.99. The van der Waals surface area contributed by atoms with E-state index in [1.54, 1.807) is 0 Å². The Morgan fingerprint density at radius 2 is 1.90 bits per heavy atom. The Bertz CT molecular complexity index is 477. The van der Waals surface area contributed by atoms with Gasteiger partial charge in [-0.3, -0.25) is 0 Å². The third kappa shape index (κ3) is 2.52. The van der Waals surface area contributed by atoms with Crippen LogP contribution < -0.4 is 21.7 Å². The summed E-state index contributed by atoms with van der Waals surface area (Å²) in [5.74, 6) is 2.52. The lowest BCUT2D eigenvalue weighted by Crippen LogP contribution is -2.57. The van der Waals surface area contributed by atoms with Gasteiger partial charge >= 0.3 is 0 Å². The Labute approximate surface area is 119 Å². The van der Waals surface area contributed by atoms with Crippen molar-refractivity contribution in [1.29, 1.82) is 0 Å². The summed E-state index contributed by atoms with van der Waals surface area (Å²) < 4.78 is 0. The lowest BCUT2D eigenvalue weighted by atomic mass is 9.97. The molecule has 2 aliphatic rings. The van der Waals surface area contributed by atoms with E-state index in [1.807, 2.05) is 7.05 Å². The van der Waals surface area contributed by atoms with Gasteiger partial charge in [0.2, 0.25) is 5.95 Å². The molecule has 20 heavy (non-hydrogen) atoms. The molecule has 3 rings (SSSR count). The van der Waals surface area contributed by atoms with E-state index in [9.17, 15) is 0 Å². The molecule has 0 unspecified atom stereocenters. The van der Waals surface area contributed by atoms with Crippen LogP contribution in [0.2, 0.25) is 0 Å². The van der Waals surface area contributed by atoms with Crippen molar-refractivity contribution in [1.82, 2.24) is 15.3 Å². The smallest absolute Gasteiger partial charge is 0.223 e. The Morgan fingerprint density at radius 3 is 2.55 bits per heavy atom. The molecule has 0 radical (unpaired) electrons. The first-order valence-electron chi connectivity index (χ1n) is 7.51. The van der Waals surface area contributed by atoms with Crippen molar-refractivity contribution < 1.29 is 0 Å². The standard InChI is InChI=1S/C14H24N6/c1-17-10-7-20(8-10)13-11(6-9-4-2-3-5-9)12(15)18-14(16)19-13/h9-10,17H,2-8H2,1H3,(H4,15,16,18,19). The van der Waals surface area contributed by atoms with Crippen molar-refractivity contribution >= 4 is 17.6 Å². The van der Waals surface area contributed by atoms with E-state index in [4.69, 9.17) is 11.5 Å². The van der Waals surface area contributed by atoms with Crippen LogP contribution in [0, 0.1) is 5.92 Å². The molecule has 1 aliphatic carbocycles. The molecular weight excluding hydrogens is 252 g/mol. The number of rotatable bonds is 4. The molecule has 1 aromatic rings. The largest absolute Gasteiger partial charge is 0.383 e. The van der Waals surface area contributed by atoms with Gasteiger partial charge in [-0.05, 0) is 19.4 Å². The van der Waals surface area contributed by atoms with Crippen LogP contribution in [-0.4, -0.2) is 36.1 Å². The predicted octanol–water partition coefficient (Wildman–Crippen LogP) is 0.782. The summed E-state index contributed by atoms with van der Waals surface area (Å²) >= 11 is 0. The molecule has 5 N–H and O–H groups in total. The molecule has 0 atom stereocenters. The number of aromatic nitrogens is 2. The van der Waals surface area contributed by atoms with Crippen LogP contribution in [0.15, 0.2) is 0 Å². The summed E-state index contributed by atoms with van der Waals surface area (Å²) in [6, 6.07) is 0.534. The number of nitrogens with one attached hydrogen (secondary N) is 1. The molecule has 110 valence electrons. The number of hydrogen-bond donors (Lipinski definition) is 3. The van der Waals surface area contributed by atoms with Crippen molar-refractivity contribution in [3.8, 4) is 0 Å². The molecule has 0 aromatic carbocycles. The van der Waals surface area contributed by atoms with Gasteiger partial charge in [-0.2, -0.15) is 9.97 Å². The third-order valence-electron chi connectivity index (χ3n) is 4.59. The lowest BCUT2D eigenvalue weighted by Gasteiger charge is -2.41. The molecular formula is C14H24N6. The van der Waals surface area contributed by atoms with Crippen LogP contribution in [0.5, 0.6) is 0 Å². The molecule has 1 saturated carbocycles. The molecule has 0 spiro atoms. The normalized spacial score (nSPS) is 20.4. The van der Waals surface area contributed by atoms with E-state index in [0.717, 1.165) is 36.8 Å². The quantitative estimate of drug-likeness (QED) is 0.752. The average molecular weight is 276 g/mol. The molecule has 0 bridgehead atoms. The van der Waals surface area contributed by atoms with E-state index in [1.165, 1.54) is 25.7 Å². The van der Waals surface area contributed by atoms with Gasteiger partial charge in [-0.1, -0.05) is 25.7 Å². The molecule has 0 amide bonds. The van der Waals surface area contributed by atoms with Crippen LogP contribution in [0.3, 0.4) is 0 Å². The fraction of sp³-hybridized carbons (Fsp3) is 0.714. The third-order valence-corrected chi connectivity index (χ3v) is 4.59. The number of likely N-dealkylation sites (N-methyl/N-ethyl adjacent to an activating group) is 1. The van der Waals surface area contributed by atoms with E-state index in [2.05, 4.69) is 20.2 Å². The number of nitrogens with two attached hydrogens (primary N) is 2. The van der Waals surface area contributed by atoms with Crippen molar-refractivity contribution in [2.24, 2.45) is 5.92 Å². The Morgan fingerprint density at radius 1 is 1.20 bits per heavy atom. The highest BCUT2D eigenvalue weighted by molar-refractivity contribution is 5.61. The number of anilines is 3. The van der Waals surface area contributed by atoms with Crippen LogP contribution in [0.4, 0.5) is 17.6 Å². The second-order valence-electron chi connectivity index (χ2n) is 6.01. The molecule has 2 fully saturated rings. The summed E-state index contributed by atoms with van der Waals surface area (Å²) in [5, 5.41) is 3.28. The van der Waals surface area contributed by atoms with Gasteiger partial charge in [-0.25, -0.2) is 0 Å². The fourth-order valence-electron chi connectivity index (χ4n) is 3.30. The van der Waals surface area contributed by atoms with Gasteiger partial charge in [0.1, 0.15) is 11.6 Å². The first kappa shape index (κ1) is 13.4. The zero-order chi connectivity index (χ0) is 14.1. The summed E-state index contributed by atoms with van der Waals surface area (Å²) in [6.45, 7) is 1.92. The van der Waals surface area contributed by atoms with Crippen LogP contribution >= 0.6 is 0 Å². The Kier molecular flexibility index (Phi) is 3.65. The first-order chi connectivity index (χ1) is 9.67. The maximum Gasteiger partial charge on any atom is 0.223 e. The van der Waals surface area contributed by atoms with Crippen molar-refractivity contribution in [2.45, 2.75) is 38.1 Å². The minimum atomic E-state index is 0.278. The molecule has 1 saturated heterocycles. The van der Waals surface area contributed by atoms with E-state index >= 15 is 0 Å². The monoisotopic (exact) mass is 276 g/mol. The zero-order valence-corrected chi connectivity index (χ0v) is 12.1. The minimum Gasteiger partial charge on any atom is -0.383 e. The van der Waals surface area contributed by atoms with Crippen LogP contribution in [0.1, 0.15) is 31.2 Å². The van der Waals surface area contributed by atoms with E-state index in [0.29, 0.717) is 11.9 Å². The summed E-state index contributed by atoms with van der Waals surface area (Å²) in [4.78, 5) is 10.9. The van der Waals surface area contributed by atoms with Crippen molar-refractivity contribution in [3.63, 3.8) is 0 Å². The van der Waals surface area contributed by atoms with Gasteiger partial charge in [0.15, 0.2) is 0 Å². The molecule has 1 aliphatic heterocycles. The second kappa shape index (κ2) is 5.44. The highest BCUT2D eigenvalue weighted by atomic mass is 15.3. The van der Waals surface area contributed by atoms with Crippen LogP contribution in [-0.2, 0) is 6.42 Å². The summed E-state index contributed by atoms with van der Waals surface area (Å²) in [5.41, 5.74) is 13.0. The highest BCUT2D eigenvalue weighted by Gasteiger charge is 2.30. The highest BCUT2D eigenvalue weighted by Crippen LogP contribution is 2.34. The number of nitrogen functional groups attached to an aromatic ring is 2. The molecule has 2 heterocycles. The van der Waals surface area contributed by atoms with Crippen molar-refractivity contribution in [2.75, 3.05) is 36.5 Å². The number of hydrogen-bond acceptors (Lipinski definition) is 6. The Balaban J connectivity index is 1.83. The van der Waals surface area contributed by atoms with Gasteiger partial charge in [0.05, 0.1) is 0 Å². The van der Waals surface area contributed by atoms with Gasteiger partial charge in [0.25, 0.3) is 0 Å². The van der Waals surface area contributed by atoms with Crippen LogP contribution in [0.25, 0.3) is 0 Å². The van der Waals surface area contributed by atoms with Gasteiger partial charge < -0.3 is 21.7 Å². The van der Waals surface area contributed by atoms with Crippen molar-refractivity contribution in [3.05, 3.63) is 5.56 Å². The van der Waals surface area contributed by atoms with E-state index < -0.39 is 0 Å². The molecule has 1 aromatic heterocycles. The maximum absolute atomic E-state index is 6.11. The Hall–Kier alpha value is -1.56. The fourth-order valence-corrected chi connectivity index (χ4v) is 3.30. The van der Waals surface area contributed by atoms with Gasteiger partial charge in [0, 0.05) is 24.7 Å². The van der Waals surface area contributed by atoms with E-state index in [-0.39, 0.29) is 5.95 Å². The first-order valence-corrected chi connectivity index (χ1v) is 7.51. The average Bonchev–Trinajstić information content (AvgIpc) is 2.85. The predicted molar refractivity (Wildman–Crippen MR) is 81.6 cm³/mol. The SMILES string of the molecule is CNC1CN(c2nc(N)nc(N)c2CC2CCCC2)C1. The minimum absolute atomic E-state index is 0.278. The topological polar surface area (TPSA) is 93.1 Å². The maximum atomic E-state index is 6.11. The molecule has 6 heteroatoms. The zero-order valence-electron chi connectivity index (χ0n) is 12.1. The summed E-state index contributed by atoms with van der Waals surface area (Å²) in [6.07, 6.45) is 6.25. The molecule has 6 nitrogen and oxygen atoms in total. The van der Waals surface area contributed by atoms with Gasteiger partial charge in [-0.15, -0.1) is 0 Å². The second-order valence-corrected chi connectivity index (χ2v) is 6.01.